The number of ether oxygens (including phenoxy) is 6. The fourth-order valence-corrected chi connectivity index (χ4v) is 8.64. The fourth-order valence-electron chi connectivity index (χ4n) is 8.64. The number of carbonyl (C=O) groups excluding carboxylic acids is 4. The highest BCUT2D eigenvalue weighted by atomic mass is 19.4. The van der Waals surface area contributed by atoms with Crippen molar-refractivity contribution in [2.45, 2.75) is 175 Å². The quantitative estimate of drug-likeness (QED) is 0.0245. The van der Waals surface area contributed by atoms with Gasteiger partial charge in [-0.3, -0.25) is 29.1 Å². The minimum absolute atomic E-state index is 0.0128. The molecule has 0 aliphatic heterocycles. The van der Waals surface area contributed by atoms with Gasteiger partial charge in [-0.1, -0.05) is 117 Å². The first kappa shape index (κ1) is 65.4. The summed E-state index contributed by atoms with van der Waals surface area (Å²) in [6, 6.07) is 14.4. The largest absolute Gasteiger partial charge is 0.490 e. The van der Waals surface area contributed by atoms with E-state index in [0.29, 0.717) is 60.7 Å². The molecule has 5 aromatic rings. The number of aromatic nitrogens is 4. The summed E-state index contributed by atoms with van der Waals surface area (Å²) in [4.78, 5) is 80.9. The van der Waals surface area contributed by atoms with Crippen molar-refractivity contribution in [2.24, 2.45) is 0 Å². The van der Waals surface area contributed by atoms with Crippen molar-refractivity contribution in [1.29, 1.82) is 0 Å². The number of amides is 2. The van der Waals surface area contributed by atoms with Crippen molar-refractivity contribution < 1.29 is 60.8 Å². The van der Waals surface area contributed by atoms with Crippen molar-refractivity contribution in [3.05, 3.63) is 99.6 Å². The lowest BCUT2D eigenvalue weighted by Gasteiger charge is -2.24. The third-order valence-corrected chi connectivity index (χ3v) is 13.3. The van der Waals surface area contributed by atoms with Crippen LogP contribution in [0.15, 0.2) is 71.7 Å². The van der Waals surface area contributed by atoms with Crippen LogP contribution >= 0.6 is 0 Å². The summed E-state index contributed by atoms with van der Waals surface area (Å²) < 4.78 is 78.0. The van der Waals surface area contributed by atoms with E-state index in [1.165, 1.54) is 12.1 Å². The molecule has 4 N–H and O–H groups in total. The van der Waals surface area contributed by atoms with Gasteiger partial charge >= 0.3 is 24.0 Å². The number of nitrogens with one attached hydrogen (secondary N) is 2. The Bertz CT molecular complexity index is 2830. The standard InChI is InChI=1S/C61H82F3N7O11/c1-5-9-13-17-33-77-49-28-21-43(39-51(49)79-35-19-15-11-7-3)31-37-81-53(72)30-27-48(58(75)82-38-32-44-22-29-50(78-34-18-14-10-6-2)52(40-44)80-36-20-16-12-8-4)68-56(73)45-23-25-47(26-24-45)71(59(76)61(62,63)64)42-46-41-66-55-54(67-46)57(74)70-60(65)69-55/h21-26,28-29,39-41,48H,5-20,27,30-38,42H2,1-4H3,(H,68,73)(H3,65,66,69,70,74)/t48-/m0/s1. The second kappa shape index (κ2) is 35.4. The highest BCUT2D eigenvalue weighted by molar-refractivity contribution is 5.99. The second-order valence-corrected chi connectivity index (χ2v) is 20.1. The predicted molar refractivity (Wildman–Crippen MR) is 307 cm³/mol. The lowest BCUT2D eigenvalue weighted by atomic mass is 10.1. The summed E-state index contributed by atoms with van der Waals surface area (Å²) in [6.45, 7) is 9.89. The summed E-state index contributed by atoms with van der Waals surface area (Å²) in [6.07, 6.45) is 12.6. The van der Waals surface area contributed by atoms with Gasteiger partial charge in [0.05, 0.1) is 58.1 Å². The monoisotopic (exact) mass is 1150 g/mol. The maximum Gasteiger partial charge on any atom is 0.471 e. The highest BCUT2D eigenvalue weighted by Crippen LogP contribution is 2.32. The molecule has 0 aliphatic rings. The number of H-pyrrole nitrogens is 1. The minimum Gasteiger partial charge on any atom is -0.490 e. The zero-order valence-electron chi connectivity index (χ0n) is 48.0. The van der Waals surface area contributed by atoms with Gasteiger partial charge in [-0.2, -0.15) is 18.2 Å². The number of alkyl halides is 3. The molecule has 18 nitrogen and oxygen atoms in total. The number of unbranched alkanes of at least 4 members (excludes halogenated alkanes) is 12. The minimum atomic E-state index is -5.34. The average molecular weight is 1150 g/mol. The molecular formula is C61H82F3N7O11. The van der Waals surface area contributed by atoms with Gasteiger partial charge in [0.25, 0.3) is 11.5 Å². The van der Waals surface area contributed by atoms with E-state index in [0.717, 1.165) is 132 Å². The van der Waals surface area contributed by atoms with E-state index in [9.17, 15) is 37.1 Å². The maximum atomic E-state index is 14.0. The van der Waals surface area contributed by atoms with Gasteiger partial charge in [0.2, 0.25) is 5.95 Å². The van der Waals surface area contributed by atoms with Gasteiger partial charge in [0.15, 0.2) is 34.2 Å². The van der Waals surface area contributed by atoms with Gasteiger partial charge in [-0.25, -0.2) is 14.8 Å². The van der Waals surface area contributed by atoms with Crippen molar-refractivity contribution in [1.82, 2.24) is 25.3 Å². The van der Waals surface area contributed by atoms with E-state index in [-0.39, 0.29) is 66.5 Å². The van der Waals surface area contributed by atoms with Crippen LogP contribution in [0.3, 0.4) is 0 Å². The van der Waals surface area contributed by atoms with Crippen LogP contribution in [0.1, 0.15) is 170 Å². The van der Waals surface area contributed by atoms with Crippen LogP contribution in [0.2, 0.25) is 0 Å². The molecule has 5 rings (SSSR count). The van der Waals surface area contributed by atoms with Gasteiger partial charge in [0, 0.05) is 30.5 Å². The Morgan fingerprint density at radius 3 is 1.63 bits per heavy atom. The molecule has 2 heterocycles. The molecule has 0 bridgehead atoms. The number of fused-ring (bicyclic) bond motifs is 1. The number of anilines is 2. The zero-order valence-corrected chi connectivity index (χ0v) is 48.0. The SMILES string of the molecule is CCCCCCOc1ccc(CCOC(=O)CC[C@H](NC(=O)c2ccc(N(Cc3cnc4nc(N)[nH]c(=O)c4n3)C(=O)C(F)(F)F)cc2)C(=O)OCCc2ccc(OCCCCCC)c(OCCCCCC)c2)cc1OCCCCCC. The van der Waals surface area contributed by atoms with Gasteiger partial charge < -0.3 is 39.5 Å². The van der Waals surface area contributed by atoms with E-state index >= 15 is 0 Å². The Balaban J connectivity index is 1.29. The molecule has 0 saturated heterocycles. The van der Waals surface area contributed by atoms with Gasteiger partial charge in [0.1, 0.15) is 6.04 Å². The number of hydrogen-bond acceptors (Lipinski definition) is 15. The maximum absolute atomic E-state index is 14.0. The Hall–Kier alpha value is -7.45. The molecule has 0 aliphatic carbocycles. The van der Waals surface area contributed by atoms with Crippen LogP contribution < -0.4 is 40.5 Å². The van der Waals surface area contributed by atoms with E-state index in [4.69, 9.17) is 34.2 Å². The molecule has 21 heteroatoms. The van der Waals surface area contributed by atoms with E-state index < -0.39 is 48.1 Å². The molecule has 82 heavy (non-hydrogen) atoms. The summed E-state index contributed by atoms with van der Waals surface area (Å²) in [5, 5.41) is 2.62. The van der Waals surface area contributed by atoms with E-state index in [2.05, 4.69) is 52.9 Å². The first-order chi connectivity index (χ1) is 39.6. The summed E-state index contributed by atoms with van der Waals surface area (Å²) >= 11 is 0. The lowest BCUT2D eigenvalue weighted by molar-refractivity contribution is -0.170. The molecule has 2 amide bonds. The number of hydrogen-bond donors (Lipinski definition) is 3. The van der Waals surface area contributed by atoms with Gasteiger partial charge in [-0.05, 0) is 91.8 Å². The third kappa shape index (κ3) is 22.5. The summed E-state index contributed by atoms with van der Waals surface area (Å²) in [5.74, 6) is -2.33. The van der Waals surface area contributed by atoms with Crippen molar-refractivity contribution in [2.75, 3.05) is 50.3 Å². The van der Waals surface area contributed by atoms with Crippen LogP contribution in [0, 0.1) is 0 Å². The molecule has 0 radical (unpaired) electrons. The predicted octanol–water partition coefficient (Wildman–Crippen LogP) is 11.7. The van der Waals surface area contributed by atoms with Crippen LogP contribution in [0.25, 0.3) is 11.2 Å². The number of rotatable bonds is 39. The number of carbonyl (C=O) groups is 4. The molecule has 2 aromatic heterocycles. The van der Waals surface area contributed by atoms with Crippen molar-refractivity contribution >= 4 is 46.6 Å². The zero-order chi connectivity index (χ0) is 59.1. The Kier molecular flexibility index (Phi) is 28.2. The number of nitrogens with two attached hydrogens (primary N) is 1. The topological polar surface area (TPSA) is 236 Å². The van der Waals surface area contributed by atoms with Crippen LogP contribution in [-0.2, 0) is 43.2 Å². The van der Waals surface area contributed by atoms with Crippen LogP contribution in [0.5, 0.6) is 23.0 Å². The second-order valence-electron chi connectivity index (χ2n) is 20.1. The molecule has 0 fully saturated rings. The van der Waals surface area contributed by atoms with Crippen LogP contribution in [0.4, 0.5) is 24.8 Å². The molecule has 0 unspecified atom stereocenters. The molecule has 3 aromatic carbocycles. The van der Waals surface area contributed by atoms with Crippen LogP contribution in [-0.4, -0.2) is 95.5 Å². The van der Waals surface area contributed by atoms with E-state index in [1.54, 1.807) is 0 Å². The Morgan fingerprint density at radius 1 is 0.634 bits per heavy atom. The number of nitrogen functional groups attached to an aromatic ring is 1. The smallest absolute Gasteiger partial charge is 0.471 e. The lowest BCUT2D eigenvalue weighted by Crippen LogP contribution is -2.42. The molecule has 0 spiro atoms. The normalized spacial score (nSPS) is 11.7. The number of esters is 2. The molecular weight excluding hydrogens is 1060 g/mol. The number of halogens is 3. The number of aromatic amines is 1. The number of benzene rings is 3. The van der Waals surface area contributed by atoms with Gasteiger partial charge in [-0.15, -0.1) is 0 Å². The number of nitrogens with zero attached hydrogens (tertiary/aromatic N) is 4. The summed E-state index contributed by atoms with van der Waals surface area (Å²) in [7, 11) is 0. The Labute approximate surface area is 478 Å². The Morgan fingerprint density at radius 2 is 1.13 bits per heavy atom. The molecule has 448 valence electrons. The first-order valence-electron chi connectivity index (χ1n) is 29.0. The van der Waals surface area contributed by atoms with E-state index in [1.807, 2.05) is 36.4 Å². The highest BCUT2D eigenvalue weighted by Gasteiger charge is 2.43. The molecule has 0 saturated carbocycles. The summed E-state index contributed by atoms with van der Waals surface area (Å²) in [5.41, 5.74) is 5.40. The first-order valence-corrected chi connectivity index (χ1v) is 29.0. The van der Waals surface area contributed by atoms with Crippen molar-refractivity contribution in [3.8, 4) is 23.0 Å². The van der Waals surface area contributed by atoms with Crippen molar-refractivity contribution in [3.63, 3.8) is 0 Å². The third-order valence-electron chi connectivity index (χ3n) is 13.3. The average Bonchev–Trinajstić information content (AvgIpc) is 3.61. The fraction of sp³-hybridized carbons (Fsp3) is 0.541. The molecule has 1 atom stereocenters.